The summed E-state index contributed by atoms with van der Waals surface area (Å²) in [5.74, 6) is 0. The van der Waals surface area contributed by atoms with Crippen LogP contribution >= 0.6 is 0 Å². The van der Waals surface area contributed by atoms with Gasteiger partial charge < -0.3 is 0 Å². The molecule has 1 aliphatic carbocycles. The summed E-state index contributed by atoms with van der Waals surface area (Å²) in [5.41, 5.74) is 1.40. The molecule has 2 nitrogen and oxygen atoms in total. The van der Waals surface area contributed by atoms with Gasteiger partial charge in [0.05, 0.1) is 33.9 Å². The molecule has 170 valence electrons. The molecule has 0 saturated carbocycles. The van der Waals surface area contributed by atoms with Crippen molar-refractivity contribution in [2.75, 3.05) is 0 Å². The molecule has 0 unspecified atom stereocenters. The van der Waals surface area contributed by atoms with Gasteiger partial charge in [-0.15, -0.1) is 0 Å². The number of hydrogen-bond acceptors (Lipinski definition) is 2. The number of rotatable bonds is 2. The lowest BCUT2D eigenvalue weighted by molar-refractivity contribution is -0.138. The Morgan fingerprint density at radius 3 is 1.21 bits per heavy atom. The molecule has 0 N–H and O–H groups in total. The predicted octanol–water partition coefficient (Wildman–Crippen LogP) is 8.13. The van der Waals surface area contributed by atoms with Gasteiger partial charge >= 0.3 is 12.4 Å². The van der Waals surface area contributed by atoms with Crippen molar-refractivity contribution in [2.24, 2.45) is 9.98 Å². The van der Waals surface area contributed by atoms with Crippen molar-refractivity contribution >= 4 is 33.6 Å². The lowest BCUT2D eigenvalue weighted by atomic mass is 10.1. The van der Waals surface area contributed by atoms with Gasteiger partial charge in [-0.25, -0.2) is 9.98 Å². The summed E-state index contributed by atoms with van der Waals surface area (Å²) in [4.78, 5) is 9.19. The van der Waals surface area contributed by atoms with Crippen LogP contribution in [0.5, 0.6) is 0 Å². The molecule has 0 spiro atoms. The van der Waals surface area contributed by atoms with Gasteiger partial charge in [0.2, 0.25) is 0 Å². The molecule has 0 aliphatic heterocycles. The molecule has 1 aliphatic rings. The maximum Gasteiger partial charge on any atom is 0.416 e. The van der Waals surface area contributed by atoms with Crippen molar-refractivity contribution in [1.29, 1.82) is 0 Å². The third kappa shape index (κ3) is 3.96. The Kier molecular flexibility index (Phi) is 5.04. The number of halogens is 6. The summed E-state index contributed by atoms with van der Waals surface area (Å²) in [6.45, 7) is 0. The van der Waals surface area contributed by atoms with Crippen LogP contribution in [0.3, 0.4) is 0 Å². The van der Waals surface area contributed by atoms with Gasteiger partial charge in [-0.05, 0) is 53.9 Å². The van der Waals surface area contributed by atoms with Crippen LogP contribution in [0, 0.1) is 0 Å². The molecule has 34 heavy (non-hydrogen) atoms. The summed E-state index contributed by atoms with van der Waals surface area (Å²) < 4.78 is 77.6. The monoisotopic (exact) mass is 468 g/mol. The van der Waals surface area contributed by atoms with E-state index in [1.807, 2.05) is 36.4 Å². The second-order valence-corrected chi connectivity index (χ2v) is 7.72. The zero-order chi connectivity index (χ0) is 24.1. The van der Waals surface area contributed by atoms with Crippen LogP contribution in [-0.4, -0.2) is 11.4 Å². The predicted molar refractivity (Wildman–Crippen MR) is 119 cm³/mol. The quantitative estimate of drug-likeness (QED) is 0.265. The fraction of sp³-hybridized carbons (Fsp3) is 0.0769. The Labute approximate surface area is 189 Å². The first-order valence-electron chi connectivity index (χ1n) is 10.2. The summed E-state index contributed by atoms with van der Waals surface area (Å²) in [6.07, 6.45) is -8.92. The highest BCUT2D eigenvalue weighted by Gasteiger charge is 2.31. The van der Waals surface area contributed by atoms with Crippen LogP contribution in [0.1, 0.15) is 22.3 Å². The van der Waals surface area contributed by atoms with Crippen LogP contribution in [0.15, 0.2) is 94.9 Å². The minimum atomic E-state index is -4.46. The van der Waals surface area contributed by atoms with E-state index < -0.39 is 23.5 Å². The van der Waals surface area contributed by atoms with E-state index in [1.54, 1.807) is 0 Å². The average molecular weight is 468 g/mol. The molecule has 4 aromatic carbocycles. The molecule has 0 atom stereocenters. The molecule has 8 heteroatoms. The van der Waals surface area contributed by atoms with Gasteiger partial charge in [0.25, 0.3) is 0 Å². The van der Waals surface area contributed by atoms with E-state index in [-0.39, 0.29) is 0 Å². The Hall–Kier alpha value is -3.94. The fourth-order valence-electron chi connectivity index (χ4n) is 3.93. The molecule has 4 aromatic rings. The molecule has 0 saturated heterocycles. The normalized spacial score (nSPS) is 16.1. The molecule has 0 bridgehead atoms. The van der Waals surface area contributed by atoms with E-state index >= 15 is 0 Å². The van der Waals surface area contributed by atoms with Crippen LogP contribution in [-0.2, 0) is 12.4 Å². The van der Waals surface area contributed by atoms with Gasteiger partial charge in [0.15, 0.2) is 0 Å². The Bertz CT molecular complexity index is 1340. The van der Waals surface area contributed by atoms with Crippen molar-refractivity contribution < 1.29 is 26.3 Å². The molecule has 0 heterocycles. The first-order valence-corrected chi connectivity index (χ1v) is 10.2. The number of hydrogen-bond donors (Lipinski definition) is 0. The standard InChI is InChI=1S/C26H14F6N2/c27-25(28,29)16-7-11-18(12-8-16)33-23-20-5-1-3-15-4-2-6-21(22(15)20)24(23)34-19-13-9-17(10-14-19)26(30,31)32/h1-14H. The smallest absolute Gasteiger partial charge is 0.246 e. The maximum absolute atomic E-state index is 12.9. The molecular weight excluding hydrogens is 454 g/mol. The van der Waals surface area contributed by atoms with Gasteiger partial charge in [0.1, 0.15) is 0 Å². The highest BCUT2D eigenvalue weighted by Crippen LogP contribution is 2.36. The Morgan fingerprint density at radius 2 is 0.853 bits per heavy atom. The topological polar surface area (TPSA) is 24.7 Å². The van der Waals surface area contributed by atoms with Crippen molar-refractivity contribution in [2.45, 2.75) is 12.4 Å². The van der Waals surface area contributed by atoms with Crippen LogP contribution in [0.25, 0.3) is 10.8 Å². The summed E-state index contributed by atoms with van der Waals surface area (Å²) in [5, 5.41) is 1.80. The maximum atomic E-state index is 12.9. The van der Waals surface area contributed by atoms with Crippen molar-refractivity contribution in [3.63, 3.8) is 0 Å². The van der Waals surface area contributed by atoms with Gasteiger partial charge in [0, 0.05) is 16.5 Å². The van der Waals surface area contributed by atoms with Crippen molar-refractivity contribution in [3.8, 4) is 0 Å². The highest BCUT2D eigenvalue weighted by atomic mass is 19.4. The minimum Gasteiger partial charge on any atom is -0.246 e. The first kappa shape index (κ1) is 21.9. The number of nitrogens with zero attached hydrogens (tertiary/aromatic N) is 2. The molecule has 5 rings (SSSR count). The Morgan fingerprint density at radius 1 is 0.471 bits per heavy atom. The largest absolute Gasteiger partial charge is 0.416 e. The third-order valence-electron chi connectivity index (χ3n) is 5.51. The average Bonchev–Trinajstić information content (AvgIpc) is 3.08. The SMILES string of the molecule is FC(F)(F)c1ccc(N=C2C(=Nc3ccc(C(F)(F)F)cc3)c3cccc4cccc2c34)cc1. The summed E-state index contributed by atoms with van der Waals surface area (Å²) in [7, 11) is 0. The summed E-state index contributed by atoms with van der Waals surface area (Å²) in [6, 6.07) is 20.1. The van der Waals surface area contributed by atoms with Gasteiger partial charge in [-0.3, -0.25) is 0 Å². The van der Waals surface area contributed by atoms with E-state index in [9.17, 15) is 26.3 Å². The summed E-state index contributed by atoms with van der Waals surface area (Å²) >= 11 is 0. The van der Waals surface area contributed by atoms with E-state index in [4.69, 9.17) is 0 Å². The molecule has 0 fully saturated rings. The van der Waals surface area contributed by atoms with Crippen LogP contribution in [0.2, 0.25) is 0 Å². The lowest BCUT2D eigenvalue weighted by Crippen LogP contribution is -2.10. The Balaban J connectivity index is 1.65. The van der Waals surface area contributed by atoms with Crippen molar-refractivity contribution in [1.82, 2.24) is 0 Å². The lowest BCUT2D eigenvalue weighted by Gasteiger charge is -2.08. The second-order valence-electron chi connectivity index (χ2n) is 7.72. The zero-order valence-electron chi connectivity index (χ0n) is 17.2. The van der Waals surface area contributed by atoms with E-state index in [2.05, 4.69) is 9.98 Å². The van der Waals surface area contributed by atoms with E-state index in [1.165, 1.54) is 24.3 Å². The third-order valence-corrected chi connectivity index (χ3v) is 5.51. The molecule has 0 radical (unpaired) electrons. The molecular formula is C26H14F6N2. The molecule has 0 amide bonds. The number of benzene rings is 4. The number of aliphatic imine (C=N–C) groups is 2. The van der Waals surface area contributed by atoms with Crippen molar-refractivity contribution in [3.05, 3.63) is 107 Å². The number of alkyl halides is 6. The van der Waals surface area contributed by atoms with Crippen LogP contribution < -0.4 is 0 Å². The second kappa shape index (κ2) is 7.83. The zero-order valence-corrected chi connectivity index (χ0v) is 17.2. The highest BCUT2D eigenvalue weighted by molar-refractivity contribution is 6.61. The van der Waals surface area contributed by atoms with Crippen LogP contribution in [0.4, 0.5) is 37.7 Å². The van der Waals surface area contributed by atoms with Gasteiger partial charge in [-0.1, -0.05) is 36.4 Å². The van der Waals surface area contributed by atoms with E-state index in [0.29, 0.717) is 22.8 Å². The van der Waals surface area contributed by atoms with E-state index in [0.717, 1.165) is 46.2 Å². The minimum absolute atomic E-state index is 0.299. The fourth-order valence-corrected chi connectivity index (χ4v) is 3.93. The molecule has 0 aromatic heterocycles. The first-order chi connectivity index (χ1) is 16.1. The van der Waals surface area contributed by atoms with Gasteiger partial charge in [-0.2, -0.15) is 26.3 Å².